The van der Waals surface area contributed by atoms with E-state index in [9.17, 15) is 14.0 Å². The third-order valence-corrected chi connectivity index (χ3v) is 6.08. The molecule has 4 rings (SSSR count). The van der Waals surface area contributed by atoms with Gasteiger partial charge in [-0.2, -0.15) is 0 Å². The molecule has 0 aliphatic heterocycles. The summed E-state index contributed by atoms with van der Waals surface area (Å²) < 4.78 is 21.5. The van der Waals surface area contributed by atoms with Crippen LogP contribution in [0.25, 0.3) is 11.0 Å². The number of hydrogen-bond donors (Lipinski definition) is 1. The molecule has 8 heteroatoms. The Morgan fingerprint density at radius 3 is 2.19 bits per heavy atom. The maximum absolute atomic E-state index is 13.2. The third-order valence-electron chi connectivity index (χ3n) is 5.02. The van der Waals surface area contributed by atoms with Gasteiger partial charge in [0.2, 0.25) is 0 Å². The van der Waals surface area contributed by atoms with E-state index in [2.05, 4.69) is 5.32 Å². The van der Waals surface area contributed by atoms with Crippen molar-refractivity contribution >= 4 is 34.4 Å². The van der Waals surface area contributed by atoms with E-state index in [-0.39, 0.29) is 11.6 Å². The number of carbonyl (C=O) groups excluding carboxylic acids is 1. The van der Waals surface area contributed by atoms with Crippen LogP contribution in [0.4, 0.5) is 10.1 Å². The maximum atomic E-state index is 13.2. The molecule has 0 atom stereocenters. The molecule has 0 radical (unpaired) electrons. The Morgan fingerprint density at radius 2 is 1.58 bits per heavy atom. The molecule has 6 nitrogen and oxygen atoms in total. The number of amides is 1. The second kappa shape index (κ2) is 8.31. The van der Waals surface area contributed by atoms with E-state index in [1.807, 2.05) is 30.3 Å². The number of rotatable bonds is 5. The van der Waals surface area contributed by atoms with Gasteiger partial charge in [0.05, 0.1) is 23.8 Å². The van der Waals surface area contributed by atoms with Crippen LogP contribution >= 0.6 is 11.8 Å². The van der Waals surface area contributed by atoms with Crippen molar-refractivity contribution in [3.8, 4) is 5.75 Å². The summed E-state index contributed by atoms with van der Waals surface area (Å²) in [6.07, 6.45) is 0. The average Bonchev–Trinajstić information content (AvgIpc) is 2.98. The number of carbonyl (C=O) groups is 1. The predicted octanol–water partition coefficient (Wildman–Crippen LogP) is 4.43. The van der Waals surface area contributed by atoms with Gasteiger partial charge < -0.3 is 10.1 Å². The molecular formula is C23H20FN3O3S. The van der Waals surface area contributed by atoms with Crippen molar-refractivity contribution in [1.29, 1.82) is 0 Å². The number of aromatic nitrogens is 2. The normalized spacial score (nSPS) is 11.0. The number of anilines is 1. The lowest BCUT2D eigenvalue weighted by molar-refractivity contribution is 0.102. The van der Waals surface area contributed by atoms with Gasteiger partial charge in [0.25, 0.3) is 5.91 Å². The molecule has 1 aromatic heterocycles. The quantitative estimate of drug-likeness (QED) is 0.502. The fraction of sp³-hybridized carbons (Fsp3) is 0.130. The fourth-order valence-electron chi connectivity index (χ4n) is 3.27. The highest BCUT2D eigenvalue weighted by Gasteiger charge is 2.16. The summed E-state index contributed by atoms with van der Waals surface area (Å²) in [6.45, 7) is 0. The third kappa shape index (κ3) is 4.06. The molecule has 1 heterocycles. The van der Waals surface area contributed by atoms with Gasteiger partial charge in [-0.3, -0.25) is 13.9 Å². The SMILES string of the molecule is COc1ccc(Sc2cc3c(cc2NC(=O)c2ccc(F)cc2)n(C)c(=O)n3C)cc1. The van der Waals surface area contributed by atoms with Crippen molar-refractivity contribution in [3.63, 3.8) is 0 Å². The molecule has 0 unspecified atom stereocenters. The number of nitrogens with one attached hydrogen (secondary N) is 1. The zero-order valence-electron chi connectivity index (χ0n) is 17.2. The monoisotopic (exact) mass is 437 g/mol. The number of imidazole rings is 1. The standard InChI is InChI=1S/C23H20FN3O3S/c1-26-19-12-18(25-22(28)14-4-6-15(24)7-5-14)21(13-20(19)27(2)23(26)29)31-17-10-8-16(30-3)9-11-17/h4-13H,1-3H3,(H,25,28). The number of nitrogens with zero attached hydrogens (tertiary/aromatic N) is 2. The van der Waals surface area contributed by atoms with Crippen molar-refractivity contribution in [3.05, 3.63) is 82.5 Å². The van der Waals surface area contributed by atoms with Crippen molar-refractivity contribution < 1.29 is 13.9 Å². The minimum atomic E-state index is -0.409. The molecule has 1 N–H and O–H groups in total. The highest BCUT2D eigenvalue weighted by Crippen LogP contribution is 2.37. The average molecular weight is 437 g/mol. The molecule has 0 aliphatic rings. The van der Waals surface area contributed by atoms with E-state index in [1.54, 1.807) is 31.8 Å². The second-order valence-corrected chi connectivity index (χ2v) is 8.09. The summed E-state index contributed by atoms with van der Waals surface area (Å²) in [6, 6.07) is 16.6. The van der Waals surface area contributed by atoms with Gasteiger partial charge in [0.15, 0.2) is 0 Å². The molecule has 158 valence electrons. The van der Waals surface area contributed by atoms with Crippen LogP contribution in [-0.4, -0.2) is 22.2 Å². The lowest BCUT2D eigenvalue weighted by Gasteiger charge is -2.13. The van der Waals surface area contributed by atoms with Crippen molar-refractivity contribution in [2.45, 2.75) is 9.79 Å². The number of benzene rings is 3. The smallest absolute Gasteiger partial charge is 0.328 e. The molecule has 0 saturated heterocycles. The number of aryl methyl sites for hydroxylation is 2. The Morgan fingerprint density at radius 1 is 0.968 bits per heavy atom. The molecule has 0 bridgehead atoms. The first-order valence-corrected chi connectivity index (χ1v) is 10.3. The number of halogens is 1. The first kappa shape index (κ1) is 20.7. The zero-order valence-corrected chi connectivity index (χ0v) is 18.0. The van der Waals surface area contributed by atoms with E-state index in [0.29, 0.717) is 16.8 Å². The predicted molar refractivity (Wildman–Crippen MR) is 120 cm³/mol. The van der Waals surface area contributed by atoms with Gasteiger partial charge in [-0.1, -0.05) is 11.8 Å². The second-order valence-electron chi connectivity index (χ2n) is 6.98. The minimum Gasteiger partial charge on any atom is -0.497 e. The Bertz CT molecular complexity index is 1330. The highest BCUT2D eigenvalue weighted by atomic mass is 32.2. The minimum absolute atomic E-state index is 0.155. The van der Waals surface area contributed by atoms with Crippen LogP contribution < -0.4 is 15.7 Å². The summed E-state index contributed by atoms with van der Waals surface area (Å²) in [5, 5.41) is 2.91. The van der Waals surface area contributed by atoms with Crippen molar-refractivity contribution in [2.24, 2.45) is 14.1 Å². The summed E-state index contributed by atoms with van der Waals surface area (Å²) in [4.78, 5) is 26.9. The first-order chi connectivity index (χ1) is 14.9. The van der Waals surface area contributed by atoms with E-state index in [1.165, 1.54) is 40.6 Å². The highest BCUT2D eigenvalue weighted by molar-refractivity contribution is 7.99. The molecule has 0 fully saturated rings. The van der Waals surface area contributed by atoms with Crippen LogP contribution in [0.1, 0.15) is 10.4 Å². The molecule has 0 saturated carbocycles. The van der Waals surface area contributed by atoms with E-state index in [0.717, 1.165) is 21.1 Å². The number of ether oxygens (including phenoxy) is 1. The zero-order chi connectivity index (χ0) is 22.1. The van der Waals surface area contributed by atoms with Crippen LogP contribution in [-0.2, 0) is 14.1 Å². The van der Waals surface area contributed by atoms with Gasteiger partial charge in [-0.25, -0.2) is 9.18 Å². The van der Waals surface area contributed by atoms with Crippen molar-refractivity contribution in [2.75, 3.05) is 12.4 Å². The maximum Gasteiger partial charge on any atom is 0.328 e. The summed E-state index contributed by atoms with van der Waals surface area (Å²) in [5.41, 5.74) is 2.19. The molecule has 3 aromatic carbocycles. The van der Waals surface area contributed by atoms with E-state index < -0.39 is 5.82 Å². The Kier molecular flexibility index (Phi) is 5.56. The van der Waals surface area contributed by atoms with Crippen LogP contribution in [0, 0.1) is 5.82 Å². The molecular weight excluding hydrogens is 417 g/mol. The van der Waals surface area contributed by atoms with Crippen LogP contribution in [0.15, 0.2) is 75.2 Å². The molecule has 1 amide bonds. The van der Waals surface area contributed by atoms with E-state index >= 15 is 0 Å². The summed E-state index contributed by atoms with van der Waals surface area (Å²) >= 11 is 1.46. The van der Waals surface area contributed by atoms with Crippen LogP contribution in [0.2, 0.25) is 0 Å². The van der Waals surface area contributed by atoms with Gasteiger partial charge in [-0.05, 0) is 60.7 Å². The lowest BCUT2D eigenvalue weighted by Crippen LogP contribution is -2.19. The van der Waals surface area contributed by atoms with Gasteiger partial charge in [-0.15, -0.1) is 0 Å². The van der Waals surface area contributed by atoms with Gasteiger partial charge in [0.1, 0.15) is 11.6 Å². The Hall–Kier alpha value is -3.52. The van der Waals surface area contributed by atoms with Crippen molar-refractivity contribution in [1.82, 2.24) is 9.13 Å². The fourth-order valence-corrected chi connectivity index (χ4v) is 4.19. The largest absolute Gasteiger partial charge is 0.497 e. The first-order valence-electron chi connectivity index (χ1n) is 9.45. The van der Waals surface area contributed by atoms with Crippen LogP contribution in [0.5, 0.6) is 5.75 Å². The van der Waals surface area contributed by atoms with Gasteiger partial charge in [0, 0.05) is 29.4 Å². The molecule has 31 heavy (non-hydrogen) atoms. The van der Waals surface area contributed by atoms with Gasteiger partial charge >= 0.3 is 5.69 Å². The molecule has 0 aliphatic carbocycles. The Balaban J connectivity index is 1.77. The molecule has 4 aromatic rings. The number of methoxy groups -OCH3 is 1. The van der Waals surface area contributed by atoms with Crippen LogP contribution in [0.3, 0.4) is 0 Å². The number of hydrogen-bond acceptors (Lipinski definition) is 4. The summed E-state index contributed by atoms with van der Waals surface area (Å²) in [7, 11) is 5.00. The van der Waals surface area contributed by atoms with E-state index in [4.69, 9.17) is 4.74 Å². The summed E-state index contributed by atoms with van der Waals surface area (Å²) in [5.74, 6) is -0.0278. The topological polar surface area (TPSA) is 65.3 Å². The lowest BCUT2D eigenvalue weighted by atomic mass is 10.2. The Labute approximate surface area is 182 Å². The number of fused-ring (bicyclic) bond motifs is 1. The molecule has 0 spiro atoms.